The molecule has 21 heavy (non-hydrogen) atoms. The first-order valence-corrected chi connectivity index (χ1v) is 7.27. The van der Waals surface area contributed by atoms with Gasteiger partial charge in [0.1, 0.15) is 6.54 Å². The minimum absolute atomic E-state index is 0.0394. The standard InChI is InChI=1S/C13H14Cl2N2O4/c14-10-5-9(17(20)21)6-11(15)13(10)16(7-12(18)19)8-3-1-2-4-8/h5-6,8H,1-4,7H2,(H,18,19). The van der Waals surface area contributed by atoms with Crippen molar-refractivity contribution in [2.24, 2.45) is 0 Å². The molecule has 0 radical (unpaired) electrons. The molecule has 1 saturated carbocycles. The van der Waals surface area contributed by atoms with Gasteiger partial charge in [0.25, 0.3) is 5.69 Å². The molecule has 1 fully saturated rings. The fourth-order valence-corrected chi connectivity index (χ4v) is 3.38. The molecule has 1 N–H and O–H groups in total. The summed E-state index contributed by atoms with van der Waals surface area (Å²) in [6.07, 6.45) is 3.75. The van der Waals surface area contributed by atoms with E-state index in [1.165, 1.54) is 12.1 Å². The van der Waals surface area contributed by atoms with E-state index in [2.05, 4.69) is 0 Å². The van der Waals surface area contributed by atoms with Gasteiger partial charge < -0.3 is 10.0 Å². The Bertz CT molecular complexity index is 550. The summed E-state index contributed by atoms with van der Waals surface area (Å²) in [7, 11) is 0. The van der Waals surface area contributed by atoms with Crippen molar-refractivity contribution in [1.29, 1.82) is 0 Å². The summed E-state index contributed by atoms with van der Waals surface area (Å²) in [6, 6.07) is 2.44. The van der Waals surface area contributed by atoms with Crippen molar-refractivity contribution in [3.05, 3.63) is 32.3 Å². The molecule has 0 spiro atoms. The third-order valence-electron chi connectivity index (χ3n) is 3.57. The SMILES string of the molecule is O=C(O)CN(c1c(Cl)cc([N+](=O)[O-])cc1Cl)C1CCCC1. The molecule has 0 heterocycles. The van der Waals surface area contributed by atoms with E-state index in [1.807, 2.05) is 0 Å². The maximum Gasteiger partial charge on any atom is 0.323 e. The lowest BCUT2D eigenvalue weighted by atomic mass is 10.1. The van der Waals surface area contributed by atoms with Crippen LogP contribution in [0.4, 0.5) is 11.4 Å². The van der Waals surface area contributed by atoms with Crippen molar-refractivity contribution < 1.29 is 14.8 Å². The van der Waals surface area contributed by atoms with Crippen molar-refractivity contribution in [2.75, 3.05) is 11.4 Å². The lowest BCUT2D eigenvalue weighted by molar-refractivity contribution is -0.384. The zero-order valence-corrected chi connectivity index (χ0v) is 12.6. The molecule has 0 bridgehead atoms. The minimum atomic E-state index is -0.993. The Hall–Kier alpha value is -1.53. The summed E-state index contributed by atoms with van der Waals surface area (Å²) >= 11 is 12.2. The molecular formula is C13H14Cl2N2O4. The molecule has 1 aromatic carbocycles. The van der Waals surface area contributed by atoms with Gasteiger partial charge in [-0.15, -0.1) is 0 Å². The average Bonchev–Trinajstić information content (AvgIpc) is 2.89. The maximum atomic E-state index is 11.1. The predicted molar refractivity (Wildman–Crippen MR) is 80.4 cm³/mol. The second-order valence-electron chi connectivity index (χ2n) is 4.98. The van der Waals surface area contributed by atoms with Gasteiger partial charge in [-0.25, -0.2) is 0 Å². The molecule has 0 atom stereocenters. The van der Waals surface area contributed by atoms with Gasteiger partial charge in [-0.3, -0.25) is 14.9 Å². The number of nitro benzene ring substituents is 1. The van der Waals surface area contributed by atoms with E-state index in [0.29, 0.717) is 5.69 Å². The van der Waals surface area contributed by atoms with Gasteiger partial charge in [-0.1, -0.05) is 36.0 Å². The molecule has 114 valence electrons. The molecular weight excluding hydrogens is 319 g/mol. The zero-order chi connectivity index (χ0) is 15.6. The first kappa shape index (κ1) is 15.9. The number of benzene rings is 1. The maximum absolute atomic E-state index is 11.1. The molecule has 8 heteroatoms. The molecule has 1 aromatic rings. The normalized spacial score (nSPS) is 15.1. The van der Waals surface area contributed by atoms with Gasteiger partial charge in [0.15, 0.2) is 0 Å². The van der Waals surface area contributed by atoms with Crippen LogP contribution in [0.5, 0.6) is 0 Å². The molecule has 0 aliphatic heterocycles. The van der Waals surface area contributed by atoms with Crippen LogP contribution in [0.1, 0.15) is 25.7 Å². The van der Waals surface area contributed by atoms with Gasteiger partial charge in [0, 0.05) is 18.2 Å². The molecule has 6 nitrogen and oxygen atoms in total. The third kappa shape index (κ3) is 3.57. The van der Waals surface area contributed by atoms with E-state index in [9.17, 15) is 14.9 Å². The number of nitro groups is 1. The van der Waals surface area contributed by atoms with Crippen LogP contribution in [0.15, 0.2) is 12.1 Å². The number of hydrogen-bond acceptors (Lipinski definition) is 4. The number of aliphatic carboxylic acids is 1. The van der Waals surface area contributed by atoms with E-state index in [4.69, 9.17) is 28.3 Å². The summed E-state index contributed by atoms with van der Waals surface area (Å²) in [5.74, 6) is -0.993. The highest BCUT2D eigenvalue weighted by atomic mass is 35.5. The fourth-order valence-electron chi connectivity index (χ4n) is 2.68. The minimum Gasteiger partial charge on any atom is -0.480 e. The van der Waals surface area contributed by atoms with E-state index >= 15 is 0 Å². The monoisotopic (exact) mass is 332 g/mol. The van der Waals surface area contributed by atoms with E-state index in [-0.39, 0.29) is 28.3 Å². The third-order valence-corrected chi connectivity index (χ3v) is 4.15. The van der Waals surface area contributed by atoms with E-state index in [1.54, 1.807) is 4.90 Å². The Balaban J connectivity index is 2.43. The topological polar surface area (TPSA) is 83.7 Å². The number of rotatable bonds is 5. The smallest absolute Gasteiger partial charge is 0.323 e. The van der Waals surface area contributed by atoms with Crippen LogP contribution < -0.4 is 4.90 Å². The van der Waals surface area contributed by atoms with Crippen molar-refractivity contribution in [2.45, 2.75) is 31.7 Å². The predicted octanol–water partition coefficient (Wildman–Crippen LogP) is 3.74. The quantitative estimate of drug-likeness (QED) is 0.655. The van der Waals surface area contributed by atoms with Crippen LogP contribution in [0, 0.1) is 10.1 Å². The van der Waals surface area contributed by atoms with Gasteiger partial charge in [-0.05, 0) is 12.8 Å². The molecule has 0 aromatic heterocycles. The van der Waals surface area contributed by atoms with Crippen LogP contribution >= 0.6 is 23.2 Å². The number of non-ortho nitro benzene ring substituents is 1. The number of hydrogen-bond donors (Lipinski definition) is 1. The van der Waals surface area contributed by atoms with Gasteiger partial charge in [-0.2, -0.15) is 0 Å². The Kier molecular flexibility index (Phi) is 4.90. The first-order chi connectivity index (χ1) is 9.90. The van der Waals surface area contributed by atoms with Crippen molar-refractivity contribution in [3.63, 3.8) is 0 Å². The summed E-state index contributed by atoms with van der Waals surface area (Å²) in [6.45, 7) is -0.234. The zero-order valence-electron chi connectivity index (χ0n) is 11.1. The second kappa shape index (κ2) is 6.49. The van der Waals surface area contributed by atoms with Crippen LogP contribution in [0.2, 0.25) is 10.0 Å². The highest BCUT2D eigenvalue weighted by molar-refractivity contribution is 6.39. The lowest BCUT2D eigenvalue weighted by Gasteiger charge is -2.31. The van der Waals surface area contributed by atoms with Gasteiger partial charge in [0.05, 0.1) is 20.7 Å². The average molecular weight is 333 g/mol. The van der Waals surface area contributed by atoms with E-state index < -0.39 is 10.9 Å². The number of carbonyl (C=O) groups is 1. The Morgan fingerprint density at radius 1 is 1.33 bits per heavy atom. The number of nitrogens with zero attached hydrogens (tertiary/aromatic N) is 2. The fraction of sp³-hybridized carbons (Fsp3) is 0.462. The van der Waals surface area contributed by atoms with Crippen molar-refractivity contribution >= 4 is 40.5 Å². The lowest BCUT2D eigenvalue weighted by Crippen LogP contribution is -2.38. The van der Waals surface area contributed by atoms with Gasteiger partial charge >= 0.3 is 5.97 Å². The molecule has 0 unspecified atom stereocenters. The van der Waals surface area contributed by atoms with Crippen LogP contribution in [-0.4, -0.2) is 28.6 Å². The van der Waals surface area contributed by atoms with E-state index in [0.717, 1.165) is 25.7 Å². The Morgan fingerprint density at radius 3 is 2.29 bits per heavy atom. The Labute approximate surface area is 131 Å². The molecule has 0 amide bonds. The number of carboxylic acid groups (broad SMARTS) is 1. The molecule has 0 saturated heterocycles. The van der Waals surface area contributed by atoms with Crippen molar-refractivity contribution in [1.82, 2.24) is 0 Å². The summed E-state index contributed by atoms with van der Waals surface area (Å²) in [4.78, 5) is 23.0. The summed E-state index contributed by atoms with van der Waals surface area (Å²) in [5.41, 5.74) is 0.147. The highest BCUT2D eigenvalue weighted by Crippen LogP contribution is 2.40. The first-order valence-electron chi connectivity index (χ1n) is 6.52. The molecule has 1 aliphatic carbocycles. The highest BCUT2D eigenvalue weighted by Gasteiger charge is 2.29. The number of halogens is 2. The molecule has 1 aliphatic rings. The Morgan fingerprint density at radius 2 is 1.86 bits per heavy atom. The molecule has 2 rings (SSSR count). The summed E-state index contributed by atoms with van der Waals surface area (Å²) in [5, 5.41) is 20.1. The second-order valence-corrected chi connectivity index (χ2v) is 5.79. The van der Waals surface area contributed by atoms with Gasteiger partial charge in [0.2, 0.25) is 0 Å². The van der Waals surface area contributed by atoms with Crippen molar-refractivity contribution in [3.8, 4) is 0 Å². The van der Waals surface area contributed by atoms with Crippen LogP contribution in [0.25, 0.3) is 0 Å². The van der Waals surface area contributed by atoms with Crippen LogP contribution in [0.3, 0.4) is 0 Å². The number of carboxylic acids is 1. The van der Waals surface area contributed by atoms with Crippen LogP contribution in [-0.2, 0) is 4.79 Å². The number of anilines is 1. The summed E-state index contributed by atoms with van der Waals surface area (Å²) < 4.78 is 0. The largest absolute Gasteiger partial charge is 0.480 e.